The van der Waals surface area contributed by atoms with Gasteiger partial charge in [-0.15, -0.1) is 0 Å². The van der Waals surface area contributed by atoms with Crippen molar-refractivity contribution in [1.82, 2.24) is 9.88 Å². The summed E-state index contributed by atoms with van der Waals surface area (Å²) in [7, 11) is 0. The summed E-state index contributed by atoms with van der Waals surface area (Å²) in [5.41, 5.74) is 1.28. The molecule has 1 aromatic heterocycles. The Bertz CT molecular complexity index is 256. The topological polar surface area (TPSA) is 37.2 Å². The quantitative estimate of drug-likeness (QED) is 0.718. The van der Waals surface area contributed by atoms with Gasteiger partial charge >= 0.3 is 0 Å². The molecule has 3 heteroatoms. The first kappa shape index (κ1) is 11.3. The van der Waals surface area contributed by atoms with Crippen LogP contribution in [0.2, 0.25) is 0 Å². The van der Waals surface area contributed by atoms with Crippen molar-refractivity contribution in [3.05, 3.63) is 24.0 Å². The van der Waals surface area contributed by atoms with Gasteiger partial charge in [0.05, 0.1) is 6.61 Å². The predicted molar refractivity (Wildman–Crippen MR) is 58.1 cm³/mol. The maximum absolute atomic E-state index is 8.74. The molecule has 0 radical (unpaired) electrons. The molecule has 0 spiro atoms. The maximum atomic E-state index is 8.74. The van der Waals surface area contributed by atoms with Gasteiger partial charge in [0, 0.05) is 25.5 Å². The summed E-state index contributed by atoms with van der Waals surface area (Å²) >= 11 is 0. The minimum absolute atomic E-state index is 0.202. The highest BCUT2D eigenvalue weighted by Gasteiger charge is 1.97. The second kappa shape index (κ2) is 5.83. The van der Waals surface area contributed by atoms with Gasteiger partial charge < -0.3 is 15.0 Å². The second-order valence-electron chi connectivity index (χ2n) is 4.01. The first-order chi connectivity index (χ1) is 6.72. The molecule has 0 aliphatic carbocycles. The highest BCUT2D eigenvalue weighted by molar-refractivity contribution is 5.09. The van der Waals surface area contributed by atoms with E-state index >= 15 is 0 Å². The van der Waals surface area contributed by atoms with Gasteiger partial charge in [0.2, 0.25) is 0 Å². The van der Waals surface area contributed by atoms with Crippen LogP contribution in [-0.4, -0.2) is 22.8 Å². The number of aliphatic hydroxyl groups excluding tert-OH is 1. The van der Waals surface area contributed by atoms with Gasteiger partial charge in [-0.2, -0.15) is 0 Å². The van der Waals surface area contributed by atoms with E-state index in [9.17, 15) is 0 Å². The van der Waals surface area contributed by atoms with E-state index in [-0.39, 0.29) is 6.61 Å². The van der Waals surface area contributed by atoms with E-state index in [0.717, 1.165) is 13.1 Å². The zero-order valence-electron chi connectivity index (χ0n) is 9.03. The molecule has 0 fully saturated rings. The Labute approximate surface area is 85.7 Å². The minimum atomic E-state index is 0.202. The smallest absolute Gasteiger partial charge is 0.0610 e. The molecular weight excluding hydrogens is 176 g/mol. The molecule has 0 amide bonds. The van der Waals surface area contributed by atoms with Crippen LogP contribution in [-0.2, 0) is 13.1 Å². The third-order valence-corrected chi connectivity index (χ3v) is 2.05. The van der Waals surface area contributed by atoms with Gasteiger partial charge in [-0.3, -0.25) is 0 Å². The van der Waals surface area contributed by atoms with Crippen LogP contribution in [0.4, 0.5) is 0 Å². The van der Waals surface area contributed by atoms with Crippen LogP contribution in [0.3, 0.4) is 0 Å². The fraction of sp³-hybridized carbons (Fsp3) is 0.636. The van der Waals surface area contributed by atoms with Crippen LogP contribution in [0.5, 0.6) is 0 Å². The Morgan fingerprint density at radius 3 is 2.93 bits per heavy atom. The maximum Gasteiger partial charge on any atom is 0.0610 e. The van der Waals surface area contributed by atoms with Crippen LogP contribution < -0.4 is 5.32 Å². The number of nitrogens with zero attached hydrogens (tertiary/aromatic N) is 1. The lowest BCUT2D eigenvalue weighted by Gasteiger charge is -2.05. The van der Waals surface area contributed by atoms with Gasteiger partial charge in [-0.05, 0) is 24.1 Å². The lowest BCUT2D eigenvalue weighted by molar-refractivity contribution is 0.276. The van der Waals surface area contributed by atoms with Gasteiger partial charge in [-0.1, -0.05) is 13.8 Å². The van der Waals surface area contributed by atoms with E-state index in [1.54, 1.807) is 0 Å². The summed E-state index contributed by atoms with van der Waals surface area (Å²) in [6.07, 6.45) is 4.08. The Morgan fingerprint density at radius 2 is 2.29 bits per heavy atom. The molecule has 0 aliphatic heterocycles. The Kier molecular flexibility index (Phi) is 4.70. The minimum Gasteiger partial charge on any atom is -0.395 e. The van der Waals surface area contributed by atoms with Gasteiger partial charge in [-0.25, -0.2) is 0 Å². The van der Waals surface area contributed by atoms with Crippen LogP contribution in [0, 0.1) is 5.92 Å². The highest BCUT2D eigenvalue weighted by atomic mass is 16.3. The lowest BCUT2D eigenvalue weighted by atomic mass is 10.2. The molecule has 1 aromatic rings. The molecule has 2 N–H and O–H groups in total. The van der Waals surface area contributed by atoms with Crippen molar-refractivity contribution in [3.63, 3.8) is 0 Å². The Balaban J connectivity index is 2.28. The molecule has 0 atom stereocenters. The summed E-state index contributed by atoms with van der Waals surface area (Å²) in [4.78, 5) is 0. The fourth-order valence-corrected chi connectivity index (χ4v) is 1.35. The number of hydrogen-bond donors (Lipinski definition) is 2. The van der Waals surface area contributed by atoms with Crippen molar-refractivity contribution in [1.29, 1.82) is 0 Å². The normalized spacial score (nSPS) is 11.1. The molecule has 1 heterocycles. The van der Waals surface area contributed by atoms with Crippen molar-refractivity contribution in [2.24, 2.45) is 5.92 Å². The molecule has 14 heavy (non-hydrogen) atoms. The SMILES string of the molecule is CC(C)CNCc1ccn(CCO)c1. The summed E-state index contributed by atoms with van der Waals surface area (Å²) < 4.78 is 2.01. The zero-order valence-corrected chi connectivity index (χ0v) is 9.03. The van der Waals surface area contributed by atoms with E-state index in [2.05, 4.69) is 31.4 Å². The fourth-order valence-electron chi connectivity index (χ4n) is 1.35. The molecule has 0 saturated carbocycles. The van der Waals surface area contributed by atoms with Gasteiger partial charge in [0.15, 0.2) is 0 Å². The first-order valence-electron chi connectivity index (χ1n) is 5.18. The molecule has 0 aliphatic rings. The summed E-state index contributed by atoms with van der Waals surface area (Å²) in [5.74, 6) is 0.689. The number of rotatable bonds is 6. The highest BCUT2D eigenvalue weighted by Crippen LogP contribution is 2.01. The van der Waals surface area contributed by atoms with E-state index in [4.69, 9.17) is 5.11 Å². The Morgan fingerprint density at radius 1 is 1.50 bits per heavy atom. The number of aromatic nitrogens is 1. The standard InChI is InChI=1S/C11H20N2O/c1-10(2)7-12-8-11-3-4-13(9-11)5-6-14/h3-4,9-10,12,14H,5-8H2,1-2H3. The Hall–Kier alpha value is -0.800. The molecule has 0 unspecified atom stereocenters. The number of aliphatic hydroxyl groups is 1. The summed E-state index contributed by atoms with van der Waals surface area (Å²) in [6, 6.07) is 2.09. The zero-order chi connectivity index (χ0) is 10.4. The summed E-state index contributed by atoms with van der Waals surface area (Å²) in [6.45, 7) is 7.24. The monoisotopic (exact) mass is 196 g/mol. The molecule has 3 nitrogen and oxygen atoms in total. The number of hydrogen-bond acceptors (Lipinski definition) is 2. The lowest BCUT2D eigenvalue weighted by Crippen LogP contribution is -2.18. The average Bonchev–Trinajstić information content (AvgIpc) is 2.53. The van der Waals surface area contributed by atoms with Crippen molar-refractivity contribution < 1.29 is 5.11 Å². The van der Waals surface area contributed by atoms with Gasteiger partial charge in [0.1, 0.15) is 0 Å². The largest absolute Gasteiger partial charge is 0.395 e. The molecule has 1 rings (SSSR count). The van der Waals surface area contributed by atoms with Crippen LogP contribution in [0.25, 0.3) is 0 Å². The molecule has 0 saturated heterocycles. The third-order valence-electron chi connectivity index (χ3n) is 2.05. The predicted octanol–water partition coefficient (Wildman–Crippen LogP) is 1.23. The average molecular weight is 196 g/mol. The number of nitrogens with one attached hydrogen (secondary N) is 1. The van der Waals surface area contributed by atoms with Crippen molar-refractivity contribution in [2.75, 3.05) is 13.2 Å². The van der Waals surface area contributed by atoms with Crippen molar-refractivity contribution in [2.45, 2.75) is 26.9 Å². The van der Waals surface area contributed by atoms with Crippen molar-refractivity contribution in [3.8, 4) is 0 Å². The van der Waals surface area contributed by atoms with E-state index in [1.165, 1.54) is 5.56 Å². The van der Waals surface area contributed by atoms with Crippen molar-refractivity contribution >= 4 is 0 Å². The van der Waals surface area contributed by atoms with E-state index in [0.29, 0.717) is 12.5 Å². The van der Waals surface area contributed by atoms with E-state index < -0.39 is 0 Å². The van der Waals surface area contributed by atoms with Crippen LogP contribution >= 0.6 is 0 Å². The van der Waals surface area contributed by atoms with Gasteiger partial charge in [0.25, 0.3) is 0 Å². The molecule has 80 valence electrons. The molecular formula is C11H20N2O. The third kappa shape index (κ3) is 3.94. The first-order valence-corrected chi connectivity index (χ1v) is 5.18. The van der Waals surface area contributed by atoms with Crippen LogP contribution in [0.15, 0.2) is 18.5 Å². The second-order valence-corrected chi connectivity index (χ2v) is 4.01. The molecule has 0 aromatic carbocycles. The summed E-state index contributed by atoms with van der Waals surface area (Å²) in [5, 5.41) is 12.1. The van der Waals surface area contributed by atoms with E-state index in [1.807, 2.05) is 10.8 Å². The van der Waals surface area contributed by atoms with Crippen LogP contribution in [0.1, 0.15) is 19.4 Å². The molecule has 0 bridgehead atoms.